The van der Waals surface area contributed by atoms with Crippen LogP contribution in [0.1, 0.15) is 23.5 Å². The fourth-order valence-corrected chi connectivity index (χ4v) is 3.20. The maximum atomic E-state index is 3.41. The molecule has 102 valence electrons. The summed E-state index contributed by atoms with van der Waals surface area (Å²) in [4.78, 5) is 3.41. The van der Waals surface area contributed by atoms with Gasteiger partial charge < -0.3 is 4.98 Å². The molecule has 1 aliphatic rings. The van der Waals surface area contributed by atoms with Crippen molar-refractivity contribution in [2.75, 3.05) is 0 Å². The molecule has 0 radical (unpaired) electrons. The zero-order chi connectivity index (χ0) is 14.1. The number of aromatic amines is 1. The highest BCUT2D eigenvalue weighted by Crippen LogP contribution is 2.29. The third-order valence-corrected chi connectivity index (χ3v) is 4.24. The number of nitrogens with one attached hydrogen (secondary N) is 1. The number of aromatic nitrogens is 1. The predicted octanol–water partition coefficient (Wildman–Crippen LogP) is 3.18. The monoisotopic (exact) mass is 271 g/mol. The first-order valence-corrected chi connectivity index (χ1v) is 7.40. The molecule has 4 rings (SSSR count). The van der Waals surface area contributed by atoms with Crippen molar-refractivity contribution in [3.05, 3.63) is 94.6 Å². The fourth-order valence-electron chi connectivity index (χ4n) is 3.20. The first-order valence-electron chi connectivity index (χ1n) is 7.40. The van der Waals surface area contributed by atoms with Crippen molar-refractivity contribution in [3.8, 4) is 0 Å². The Balaban J connectivity index is 1.88. The van der Waals surface area contributed by atoms with Gasteiger partial charge in [0.2, 0.25) is 0 Å². The SMILES string of the molecule is C1=c2cc[nH]c2=C(c2ccccc2)CC1c1ccccc1. The van der Waals surface area contributed by atoms with Gasteiger partial charge in [0, 0.05) is 17.5 Å². The van der Waals surface area contributed by atoms with Crippen LogP contribution in [-0.4, -0.2) is 4.98 Å². The number of benzene rings is 2. The van der Waals surface area contributed by atoms with Crippen molar-refractivity contribution < 1.29 is 0 Å². The highest BCUT2D eigenvalue weighted by molar-refractivity contribution is 5.69. The summed E-state index contributed by atoms with van der Waals surface area (Å²) in [6, 6.07) is 23.6. The molecule has 1 atom stereocenters. The Bertz CT molecular complexity index is 857. The van der Waals surface area contributed by atoms with Gasteiger partial charge in [-0.15, -0.1) is 0 Å². The van der Waals surface area contributed by atoms with Crippen molar-refractivity contribution in [1.29, 1.82) is 0 Å². The van der Waals surface area contributed by atoms with Crippen LogP contribution in [-0.2, 0) is 0 Å². The van der Waals surface area contributed by atoms with Gasteiger partial charge in [0.05, 0.1) is 0 Å². The fraction of sp³-hybridized carbons (Fsp3) is 0.100. The first-order chi connectivity index (χ1) is 10.4. The van der Waals surface area contributed by atoms with E-state index in [0.29, 0.717) is 5.92 Å². The summed E-state index contributed by atoms with van der Waals surface area (Å²) in [6.07, 6.45) is 5.46. The van der Waals surface area contributed by atoms with Crippen molar-refractivity contribution in [3.63, 3.8) is 0 Å². The van der Waals surface area contributed by atoms with Crippen LogP contribution < -0.4 is 10.6 Å². The first kappa shape index (κ1) is 12.2. The van der Waals surface area contributed by atoms with Gasteiger partial charge in [0.1, 0.15) is 0 Å². The molecule has 0 saturated carbocycles. The average Bonchev–Trinajstić information content (AvgIpc) is 3.04. The molecule has 1 N–H and O–H groups in total. The molecule has 3 aromatic rings. The number of hydrogen-bond donors (Lipinski definition) is 1. The lowest BCUT2D eigenvalue weighted by molar-refractivity contribution is 0.896. The Morgan fingerprint density at radius 1 is 0.810 bits per heavy atom. The van der Waals surface area contributed by atoms with Gasteiger partial charge in [-0.05, 0) is 34.4 Å². The van der Waals surface area contributed by atoms with Crippen LogP contribution in [0, 0.1) is 0 Å². The Morgan fingerprint density at radius 2 is 1.52 bits per heavy atom. The lowest BCUT2D eigenvalue weighted by Gasteiger charge is -2.19. The van der Waals surface area contributed by atoms with Gasteiger partial charge in [0.15, 0.2) is 0 Å². The standard InChI is InChI=1S/C20H17N/c1-3-7-15(8-4-1)18-13-17-11-12-21-20(17)19(14-18)16-9-5-2-6-10-16/h1-13,18,21H,14H2. The summed E-state index contributed by atoms with van der Waals surface area (Å²) in [6.45, 7) is 0. The molecule has 1 aromatic heterocycles. The summed E-state index contributed by atoms with van der Waals surface area (Å²) in [5.41, 5.74) is 4.11. The Kier molecular flexibility index (Phi) is 2.97. The molecule has 1 nitrogen and oxygen atoms in total. The molecule has 1 aliphatic carbocycles. The summed E-state index contributed by atoms with van der Waals surface area (Å²) in [7, 11) is 0. The number of rotatable bonds is 2. The molecule has 0 saturated heterocycles. The molecule has 0 amide bonds. The molecule has 0 aliphatic heterocycles. The lowest BCUT2D eigenvalue weighted by Crippen LogP contribution is -2.30. The van der Waals surface area contributed by atoms with Crippen LogP contribution in [0.25, 0.3) is 11.6 Å². The molecule has 0 bridgehead atoms. The van der Waals surface area contributed by atoms with E-state index in [1.165, 1.54) is 27.3 Å². The molecular formula is C20H17N. The number of H-pyrrole nitrogens is 1. The molecular weight excluding hydrogens is 254 g/mol. The molecule has 1 heteroatoms. The van der Waals surface area contributed by atoms with E-state index in [0.717, 1.165) is 6.42 Å². The second-order valence-electron chi connectivity index (χ2n) is 5.54. The topological polar surface area (TPSA) is 15.8 Å². The smallest absolute Gasteiger partial charge is 0.0489 e. The van der Waals surface area contributed by atoms with E-state index in [1.54, 1.807) is 0 Å². The lowest BCUT2D eigenvalue weighted by atomic mass is 9.85. The van der Waals surface area contributed by atoms with Crippen molar-refractivity contribution >= 4 is 11.6 Å². The minimum atomic E-state index is 0.449. The summed E-state index contributed by atoms with van der Waals surface area (Å²) >= 11 is 0. The minimum Gasteiger partial charge on any atom is -0.361 e. The van der Waals surface area contributed by atoms with Crippen LogP contribution in [0.15, 0.2) is 72.9 Å². The number of fused-ring (bicyclic) bond motifs is 1. The van der Waals surface area contributed by atoms with E-state index < -0.39 is 0 Å². The molecule has 1 unspecified atom stereocenters. The van der Waals surface area contributed by atoms with E-state index >= 15 is 0 Å². The second-order valence-corrected chi connectivity index (χ2v) is 5.54. The van der Waals surface area contributed by atoms with Gasteiger partial charge in [-0.3, -0.25) is 0 Å². The van der Waals surface area contributed by atoms with Crippen LogP contribution in [0.2, 0.25) is 0 Å². The third kappa shape index (κ3) is 2.21. The van der Waals surface area contributed by atoms with Gasteiger partial charge in [-0.2, -0.15) is 0 Å². The van der Waals surface area contributed by atoms with Crippen molar-refractivity contribution in [2.24, 2.45) is 0 Å². The largest absolute Gasteiger partial charge is 0.361 e. The van der Waals surface area contributed by atoms with Gasteiger partial charge in [-0.25, -0.2) is 0 Å². The number of hydrogen-bond acceptors (Lipinski definition) is 0. The van der Waals surface area contributed by atoms with Crippen LogP contribution in [0.4, 0.5) is 0 Å². The van der Waals surface area contributed by atoms with E-state index in [-0.39, 0.29) is 0 Å². The van der Waals surface area contributed by atoms with Crippen LogP contribution >= 0.6 is 0 Å². The molecule has 0 fully saturated rings. The maximum Gasteiger partial charge on any atom is 0.0489 e. The third-order valence-electron chi connectivity index (χ3n) is 4.24. The maximum absolute atomic E-state index is 3.41. The molecule has 1 heterocycles. The molecule has 21 heavy (non-hydrogen) atoms. The van der Waals surface area contributed by atoms with Crippen molar-refractivity contribution in [2.45, 2.75) is 12.3 Å². The zero-order valence-corrected chi connectivity index (χ0v) is 11.8. The molecule has 2 aromatic carbocycles. The summed E-state index contributed by atoms with van der Waals surface area (Å²) in [5, 5.41) is 2.59. The molecule has 0 spiro atoms. The van der Waals surface area contributed by atoms with E-state index in [9.17, 15) is 0 Å². The second kappa shape index (κ2) is 5.10. The Hall–Kier alpha value is -2.54. The predicted molar refractivity (Wildman–Crippen MR) is 87.3 cm³/mol. The Labute approximate surface area is 124 Å². The van der Waals surface area contributed by atoms with E-state index in [4.69, 9.17) is 0 Å². The summed E-state index contributed by atoms with van der Waals surface area (Å²) in [5.74, 6) is 0.449. The summed E-state index contributed by atoms with van der Waals surface area (Å²) < 4.78 is 0. The zero-order valence-electron chi connectivity index (χ0n) is 11.8. The minimum absolute atomic E-state index is 0.449. The van der Waals surface area contributed by atoms with Gasteiger partial charge in [0.25, 0.3) is 0 Å². The van der Waals surface area contributed by atoms with Crippen LogP contribution in [0.5, 0.6) is 0 Å². The highest BCUT2D eigenvalue weighted by atomic mass is 14.7. The van der Waals surface area contributed by atoms with Crippen molar-refractivity contribution in [1.82, 2.24) is 4.98 Å². The normalized spacial score (nSPS) is 17.1. The van der Waals surface area contributed by atoms with Crippen LogP contribution in [0.3, 0.4) is 0 Å². The van der Waals surface area contributed by atoms with Gasteiger partial charge in [-0.1, -0.05) is 66.7 Å². The van der Waals surface area contributed by atoms with Gasteiger partial charge >= 0.3 is 0 Å². The average molecular weight is 271 g/mol. The van der Waals surface area contributed by atoms with E-state index in [1.807, 2.05) is 6.20 Å². The highest BCUT2D eigenvalue weighted by Gasteiger charge is 2.17. The Morgan fingerprint density at radius 3 is 2.29 bits per heavy atom. The quantitative estimate of drug-likeness (QED) is 0.737. The van der Waals surface area contributed by atoms with E-state index in [2.05, 4.69) is 77.8 Å².